The zero-order chi connectivity index (χ0) is 17.2. The summed E-state index contributed by atoms with van der Waals surface area (Å²) in [6.45, 7) is 0.350. The van der Waals surface area contributed by atoms with Crippen LogP contribution in [0.25, 0.3) is 0 Å². The van der Waals surface area contributed by atoms with Gasteiger partial charge in [0.2, 0.25) is 10.0 Å². The van der Waals surface area contributed by atoms with Crippen LogP contribution >= 0.6 is 0 Å². The maximum absolute atomic E-state index is 13.9. The van der Waals surface area contributed by atoms with Crippen molar-refractivity contribution in [1.29, 1.82) is 0 Å². The van der Waals surface area contributed by atoms with Gasteiger partial charge in [-0.1, -0.05) is 42.5 Å². The molecule has 0 spiro atoms. The predicted octanol–water partition coefficient (Wildman–Crippen LogP) is 3.10. The molecule has 0 aliphatic carbocycles. The van der Waals surface area contributed by atoms with Gasteiger partial charge in [0.15, 0.2) is 0 Å². The van der Waals surface area contributed by atoms with Gasteiger partial charge in [0.1, 0.15) is 10.7 Å². The van der Waals surface area contributed by atoms with Crippen molar-refractivity contribution in [3.05, 3.63) is 66.0 Å². The highest BCUT2D eigenvalue weighted by Crippen LogP contribution is 2.32. The second kappa shape index (κ2) is 7.01. The molecule has 1 fully saturated rings. The first-order chi connectivity index (χ1) is 11.5. The van der Waals surface area contributed by atoms with Gasteiger partial charge in [-0.3, -0.25) is 0 Å². The Morgan fingerprint density at radius 3 is 2.50 bits per heavy atom. The highest BCUT2D eigenvalue weighted by atomic mass is 32.2. The molecule has 2 aromatic rings. The number of aliphatic hydroxyl groups is 1. The quantitative estimate of drug-likeness (QED) is 0.902. The topological polar surface area (TPSA) is 57.6 Å². The van der Waals surface area contributed by atoms with Gasteiger partial charge < -0.3 is 5.11 Å². The molecular weight excluding hydrogens is 329 g/mol. The van der Waals surface area contributed by atoms with Crippen molar-refractivity contribution in [2.24, 2.45) is 0 Å². The standard InChI is InChI=1S/C18H20FNO3S/c19-16-10-4-5-11-18(16)24(22,23)20-12-6-9-15(20)13-17(21)14-7-2-1-3-8-14/h1-5,7-8,10-11,15,17,21H,6,9,12-13H2. The van der Waals surface area contributed by atoms with Crippen molar-refractivity contribution in [3.8, 4) is 0 Å². The van der Waals surface area contributed by atoms with Crippen LogP contribution in [0.3, 0.4) is 0 Å². The van der Waals surface area contributed by atoms with Gasteiger partial charge in [-0.05, 0) is 37.0 Å². The highest BCUT2D eigenvalue weighted by molar-refractivity contribution is 7.89. The fourth-order valence-electron chi connectivity index (χ4n) is 3.21. The molecule has 0 aromatic heterocycles. The van der Waals surface area contributed by atoms with Crippen molar-refractivity contribution < 1.29 is 17.9 Å². The molecule has 1 N–H and O–H groups in total. The third kappa shape index (κ3) is 3.36. The number of benzene rings is 2. The van der Waals surface area contributed by atoms with E-state index < -0.39 is 21.9 Å². The summed E-state index contributed by atoms with van der Waals surface area (Å²) in [5.74, 6) is -0.744. The molecule has 1 saturated heterocycles. The monoisotopic (exact) mass is 349 g/mol. The van der Waals surface area contributed by atoms with E-state index in [4.69, 9.17) is 0 Å². The molecule has 1 heterocycles. The SMILES string of the molecule is O=S(=O)(c1ccccc1F)N1CCCC1CC(O)c1ccccc1. The fourth-order valence-corrected chi connectivity index (χ4v) is 4.98. The Labute approximate surface area is 141 Å². The largest absolute Gasteiger partial charge is 0.388 e. The highest BCUT2D eigenvalue weighted by Gasteiger charge is 2.37. The molecule has 2 aromatic carbocycles. The summed E-state index contributed by atoms with van der Waals surface area (Å²) in [6, 6.07) is 14.2. The average molecular weight is 349 g/mol. The predicted molar refractivity (Wildman–Crippen MR) is 89.3 cm³/mol. The fraction of sp³-hybridized carbons (Fsp3) is 0.333. The smallest absolute Gasteiger partial charge is 0.246 e. The summed E-state index contributed by atoms with van der Waals surface area (Å²) >= 11 is 0. The van der Waals surface area contributed by atoms with Crippen LogP contribution in [0, 0.1) is 5.82 Å². The third-order valence-corrected chi connectivity index (χ3v) is 6.41. The summed E-state index contributed by atoms with van der Waals surface area (Å²) < 4.78 is 40.8. The number of rotatable bonds is 5. The second-order valence-electron chi connectivity index (χ2n) is 6.00. The van der Waals surface area contributed by atoms with E-state index in [1.807, 2.05) is 30.3 Å². The van der Waals surface area contributed by atoms with Crippen molar-refractivity contribution in [1.82, 2.24) is 4.31 Å². The van der Waals surface area contributed by atoms with Crippen LogP contribution in [0.4, 0.5) is 4.39 Å². The lowest BCUT2D eigenvalue weighted by Gasteiger charge is -2.26. The van der Waals surface area contributed by atoms with E-state index in [0.29, 0.717) is 25.8 Å². The molecule has 0 bridgehead atoms. The van der Waals surface area contributed by atoms with E-state index in [2.05, 4.69) is 0 Å². The Hall–Kier alpha value is -1.76. The van der Waals surface area contributed by atoms with Crippen LogP contribution in [0.1, 0.15) is 30.9 Å². The van der Waals surface area contributed by atoms with Gasteiger partial charge >= 0.3 is 0 Å². The number of sulfonamides is 1. The molecule has 0 amide bonds. The Bertz CT molecular complexity index is 795. The minimum atomic E-state index is -3.90. The zero-order valence-corrected chi connectivity index (χ0v) is 14.0. The Morgan fingerprint density at radius 1 is 1.12 bits per heavy atom. The van der Waals surface area contributed by atoms with Gasteiger partial charge in [0, 0.05) is 12.6 Å². The first-order valence-corrected chi connectivity index (χ1v) is 9.43. The number of nitrogens with zero attached hydrogens (tertiary/aromatic N) is 1. The molecule has 2 unspecified atom stereocenters. The number of aliphatic hydroxyl groups excluding tert-OH is 1. The lowest BCUT2D eigenvalue weighted by Crippen LogP contribution is -2.36. The van der Waals surface area contributed by atoms with E-state index in [1.54, 1.807) is 0 Å². The van der Waals surface area contributed by atoms with E-state index >= 15 is 0 Å². The van der Waals surface area contributed by atoms with Crippen LogP contribution < -0.4 is 0 Å². The van der Waals surface area contributed by atoms with Crippen LogP contribution in [0.5, 0.6) is 0 Å². The van der Waals surface area contributed by atoms with Crippen molar-refractivity contribution in [2.75, 3.05) is 6.54 Å². The molecule has 3 rings (SSSR count). The maximum Gasteiger partial charge on any atom is 0.246 e. The Balaban J connectivity index is 1.82. The molecule has 1 aliphatic heterocycles. The normalized spacial score (nSPS) is 20.2. The van der Waals surface area contributed by atoms with Gasteiger partial charge in [-0.2, -0.15) is 4.31 Å². The molecule has 0 saturated carbocycles. The molecule has 128 valence electrons. The molecular formula is C18H20FNO3S. The van der Waals surface area contributed by atoms with Crippen LogP contribution in [-0.2, 0) is 10.0 Å². The Morgan fingerprint density at radius 2 is 1.79 bits per heavy atom. The summed E-state index contributed by atoms with van der Waals surface area (Å²) in [7, 11) is -3.90. The van der Waals surface area contributed by atoms with Crippen LogP contribution in [-0.4, -0.2) is 30.4 Å². The molecule has 6 heteroatoms. The van der Waals surface area contributed by atoms with Gasteiger partial charge in [0.05, 0.1) is 6.10 Å². The second-order valence-corrected chi connectivity index (χ2v) is 7.86. The van der Waals surface area contributed by atoms with E-state index in [0.717, 1.165) is 11.6 Å². The number of hydrogen-bond donors (Lipinski definition) is 1. The zero-order valence-electron chi connectivity index (χ0n) is 13.2. The van der Waals surface area contributed by atoms with Crippen molar-refractivity contribution in [3.63, 3.8) is 0 Å². The summed E-state index contributed by atoms with van der Waals surface area (Å²) in [6.07, 6.45) is 0.933. The third-order valence-electron chi connectivity index (χ3n) is 4.43. The summed E-state index contributed by atoms with van der Waals surface area (Å²) in [5, 5.41) is 10.4. The minimum absolute atomic E-state index is 0.300. The molecule has 4 nitrogen and oxygen atoms in total. The lowest BCUT2D eigenvalue weighted by atomic mass is 10.0. The van der Waals surface area contributed by atoms with E-state index in [9.17, 15) is 17.9 Å². The van der Waals surface area contributed by atoms with Crippen LogP contribution in [0.15, 0.2) is 59.5 Å². The first kappa shape index (κ1) is 17.1. The Kier molecular flexibility index (Phi) is 4.99. The number of halogens is 1. The molecule has 24 heavy (non-hydrogen) atoms. The first-order valence-electron chi connectivity index (χ1n) is 7.99. The molecule has 1 aliphatic rings. The van der Waals surface area contributed by atoms with E-state index in [-0.39, 0.29) is 10.9 Å². The van der Waals surface area contributed by atoms with Crippen LogP contribution in [0.2, 0.25) is 0 Å². The molecule has 2 atom stereocenters. The van der Waals surface area contributed by atoms with Crippen molar-refractivity contribution >= 4 is 10.0 Å². The van der Waals surface area contributed by atoms with Gasteiger partial charge in [-0.25, -0.2) is 12.8 Å². The maximum atomic E-state index is 13.9. The van der Waals surface area contributed by atoms with Gasteiger partial charge in [-0.15, -0.1) is 0 Å². The van der Waals surface area contributed by atoms with Gasteiger partial charge in [0.25, 0.3) is 0 Å². The lowest BCUT2D eigenvalue weighted by molar-refractivity contribution is 0.142. The van der Waals surface area contributed by atoms with E-state index in [1.165, 1.54) is 22.5 Å². The average Bonchev–Trinajstić information content (AvgIpc) is 3.05. The van der Waals surface area contributed by atoms with Crippen molar-refractivity contribution in [2.45, 2.75) is 36.3 Å². The summed E-state index contributed by atoms with van der Waals surface area (Å²) in [4.78, 5) is -0.300. The number of hydrogen-bond acceptors (Lipinski definition) is 3. The molecule has 0 radical (unpaired) electrons. The minimum Gasteiger partial charge on any atom is -0.388 e. The summed E-state index contributed by atoms with van der Waals surface area (Å²) in [5.41, 5.74) is 0.757.